The minimum absolute atomic E-state index is 0.0686. The Balaban J connectivity index is 2.16. The molecule has 2 rings (SSSR count). The maximum absolute atomic E-state index is 12.0. The summed E-state index contributed by atoms with van der Waals surface area (Å²) in [6, 6.07) is 11.5. The Bertz CT molecular complexity index is 742. The Hall–Kier alpha value is -3.22. The van der Waals surface area contributed by atoms with E-state index in [0.29, 0.717) is 5.69 Å². The van der Waals surface area contributed by atoms with Crippen LogP contribution in [-0.4, -0.2) is 16.8 Å². The summed E-state index contributed by atoms with van der Waals surface area (Å²) in [5, 5.41) is 13.3. The van der Waals surface area contributed by atoms with Crippen LogP contribution in [0.5, 0.6) is 5.75 Å². The summed E-state index contributed by atoms with van der Waals surface area (Å²) in [5.74, 6) is -0.742. The van der Waals surface area contributed by atoms with Crippen LogP contribution in [0.25, 0.3) is 0 Å². The molecule has 0 aromatic heterocycles. The SMILES string of the molecule is CC(=O)Nc1cccc(OC(=O)c2cccc([N+](=O)[O-])c2)c1. The van der Waals surface area contributed by atoms with Gasteiger partial charge in [0.1, 0.15) is 5.75 Å². The smallest absolute Gasteiger partial charge is 0.343 e. The first-order valence-electron chi connectivity index (χ1n) is 6.30. The van der Waals surface area contributed by atoms with Crippen molar-refractivity contribution in [3.63, 3.8) is 0 Å². The van der Waals surface area contributed by atoms with Crippen molar-refractivity contribution in [2.75, 3.05) is 5.32 Å². The van der Waals surface area contributed by atoms with Gasteiger partial charge in [-0.05, 0) is 18.2 Å². The Labute approximate surface area is 125 Å². The Morgan fingerprint density at radius 2 is 1.86 bits per heavy atom. The van der Waals surface area contributed by atoms with Crippen molar-refractivity contribution in [3.05, 3.63) is 64.2 Å². The molecule has 0 radical (unpaired) electrons. The number of amides is 1. The van der Waals surface area contributed by atoms with E-state index in [9.17, 15) is 19.7 Å². The van der Waals surface area contributed by atoms with Crippen LogP contribution in [0.4, 0.5) is 11.4 Å². The van der Waals surface area contributed by atoms with Gasteiger partial charge in [-0.3, -0.25) is 14.9 Å². The van der Waals surface area contributed by atoms with Crippen LogP contribution in [0, 0.1) is 10.1 Å². The highest BCUT2D eigenvalue weighted by Gasteiger charge is 2.13. The molecular weight excluding hydrogens is 288 g/mol. The number of carbonyl (C=O) groups excluding carboxylic acids is 2. The number of nitro groups is 1. The summed E-state index contributed by atoms with van der Waals surface area (Å²) in [5.41, 5.74) is 0.359. The number of anilines is 1. The lowest BCUT2D eigenvalue weighted by molar-refractivity contribution is -0.384. The number of nitrogens with zero attached hydrogens (tertiary/aromatic N) is 1. The third-order valence-electron chi connectivity index (χ3n) is 2.66. The summed E-state index contributed by atoms with van der Waals surface area (Å²) in [6.07, 6.45) is 0. The number of ether oxygens (including phenoxy) is 1. The summed E-state index contributed by atoms with van der Waals surface area (Å²) in [4.78, 5) is 33.1. The second-order valence-corrected chi connectivity index (χ2v) is 4.41. The Morgan fingerprint density at radius 3 is 2.55 bits per heavy atom. The molecule has 0 aliphatic rings. The van der Waals surface area contributed by atoms with E-state index in [0.717, 1.165) is 6.07 Å². The molecule has 0 saturated heterocycles. The number of carbonyl (C=O) groups is 2. The zero-order valence-corrected chi connectivity index (χ0v) is 11.6. The Kier molecular flexibility index (Phi) is 4.47. The van der Waals surface area contributed by atoms with Crippen molar-refractivity contribution in [1.29, 1.82) is 0 Å². The minimum atomic E-state index is -0.719. The van der Waals surface area contributed by atoms with E-state index in [1.807, 2.05) is 0 Å². The van der Waals surface area contributed by atoms with Crippen molar-refractivity contribution in [3.8, 4) is 5.75 Å². The molecule has 7 heteroatoms. The van der Waals surface area contributed by atoms with E-state index in [2.05, 4.69) is 5.32 Å². The normalized spacial score (nSPS) is 9.86. The molecule has 0 fully saturated rings. The molecule has 0 heterocycles. The van der Waals surface area contributed by atoms with Crippen LogP contribution in [0.2, 0.25) is 0 Å². The second kappa shape index (κ2) is 6.49. The molecule has 22 heavy (non-hydrogen) atoms. The van der Waals surface area contributed by atoms with Crippen LogP contribution in [0.1, 0.15) is 17.3 Å². The number of rotatable bonds is 4. The van der Waals surface area contributed by atoms with Crippen LogP contribution in [0.3, 0.4) is 0 Å². The zero-order valence-electron chi connectivity index (χ0n) is 11.6. The van der Waals surface area contributed by atoms with Crippen molar-refractivity contribution in [2.45, 2.75) is 6.92 Å². The highest BCUT2D eigenvalue weighted by atomic mass is 16.6. The molecule has 0 saturated carbocycles. The number of esters is 1. The van der Waals surface area contributed by atoms with Gasteiger partial charge in [0.05, 0.1) is 10.5 Å². The minimum Gasteiger partial charge on any atom is -0.423 e. The Morgan fingerprint density at radius 1 is 1.14 bits per heavy atom. The number of non-ortho nitro benzene ring substituents is 1. The van der Waals surface area contributed by atoms with E-state index < -0.39 is 10.9 Å². The molecule has 1 amide bonds. The van der Waals surface area contributed by atoms with Gasteiger partial charge >= 0.3 is 5.97 Å². The summed E-state index contributed by atoms with van der Waals surface area (Å²) in [6.45, 7) is 1.36. The number of hydrogen-bond acceptors (Lipinski definition) is 5. The highest BCUT2D eigenvalue weighted by Crippen LogP contribution is 2.20. The van der Waals surface area contributed by atoms with E-state index in [4.69, 9.17) is 4.74 Å². The zero-order chi connectivity index (χ0) is 16.1. The lowest BCUT2D eigenvalue weighted by Gasteiger charge is -2.07. The first-order valence-corrected chi connectivity index (χ1v) is 6.30. The van der Waals surface area contributed by atoms with Gasteiger partial charge in [-0.25, -0.2) is 4.79 Å². The monoisotopic (exact) mass is 300 g/mol. The molecule has 0 aliphatic carbocycles. The first kappa shape index (κ1) is 15.2. The van der Waals surface area contributed by atoms with E-state index >= 15 is 0 Å². The first-order chi connectivity index (χ1) is 10.5. The topological polar surface area (TPSA) is 98.5 Å². The third-order valence-corrected chi connectivity index (χ3v) is 2.66. The largest absolute Gasteiger partial charge is 0.423 e. The van der Waals surface area contributed by atoms with Gasteiger partial charge in [-0.1, -0.05) is 12.1 Å². The summed E-state index contributed by atoms with van der Waals surface area (Å²) >= 11 is 0. The molecule has 0 spiro atoms. The predicted octanol–water partition coefficient (Wildman–Crippen LogP) is 2.77. The van der Waals surface area contributed by atoms with E-state index in [1.165, 1.54) is 31.2 Å². The number of hydrogen-bond donors (Lipinski definition) is 1. The van der Waals surface area contributed by atoms with Crippen LogP contribution in [-0.2, 0) is 4.79 Å². The molecule has 2 aromatic rings. The van der Waals surface area contributed by atoms with Crippen molar-refractivity contribution < 1.29 is 19.2 Å². The van der Waals surface area contributed by atoms with Gasteiger partial charge in [-0.2, -0.15) is 0 Å². The second-order valence-electron chi connectivity index (χ2n) is 4.41. The molecule has 0 aliphatic heterocycles. The molecule has 112 valence electrons. The summed E-state index contributed by atoms with van der Waals surface area (Å²) in [7, 11) is 0. The average Bonchev–Trinajstić information content (AvgIpc) is 2.47. The standard InChI is InChI=1S/C15H12N2O5/c1-10(18)16-12-5-3-7-14(9-12)22-15(19)11-4-2-6-13(8-11)17(20)21/h2-9H,1H3,(H,16,18). The van der Waals surface area contributed by atoms with Gasteiger partial charge in [0.15, 0.2) is 0 Å². The van der Waals surface area contributed by atoms with Gasteiger partial charge in [0.25, 0.3) is 5.69 Å². The van der Waals surface area contributed by atoms with Gasteiger partial charge in [0.2, 0.25) is 5.91 Å². The highest BCUT2D eigenvalue weighted by molar-refractivity contribution is 5.92. The predicted molar refractivity (Wildman–Crippen MR) is 78.8 cm³/mol. The summed E-state index contributed by atoms with van der Waals surface area (Å²) < 4.78 is 5.14. The molecule has 0 atom stereocenters. The molecule has 0 unspecified atom stereocenters. The van der Waals surface area contributed by atoms with Gasteiger partial charge in [-0.15, -0.1) is 0 Å². The quantitative estimate of drug-likeness (QED) is 0.405. The average molecular weight is 300 g/mol. The maximum Gasteiger partial charge on any atom is 0.343 e. The molecule has 0 bridgehead atoms. The molecular formula is C15H12N2O5. The fraction of sp³-hybridized carbons (Fsp3) is 0.0667. The fourth-order valence-electron chi connectivity index (χ4n) is 1.75. The van der Waals surface area contributed by atoms with E-state index in [-0.39, 0.29) is 22.9 Å². The maximum atomic E-state index is 12.0. The van der Waals surface area contributed by atoms with Gasteiger partial charge < -0.3 is 10.1 Å². The molecule has 2 aromatic carbocycles. The number of benzene rings is 2. The van der Waals surface area contributed by atoms with Crippen LogP contribution < -0.4 is 10.1 Å². The lowest BCUT2D eigenvalue weighted by atomic mass is 10.2. The van der Waals surface area contributed by atoms with Crippen LogP contribution in [0.15, 0.2) is 48.5 Å². The number of nitrogens with one attached hydrogen (secondary N) is 1. The third kappa shape index (κ3) is 3.89. The molecule has 7 nitrogen and oxygen atoms in total. The van der Waals surface area contributed by atoms with E-state index in [1.54, 1.807) is 18.2 Å². The number of nitro benzene ring substituents is 1. The van der Waals surface area contributed by atoms with Crippen LogP contribution >= 0.6 is 0 Å². The molecule has 1 N–H and O–H groups in total. The van der Waals surface area contributed by atoms with Gasteiger partial charge in [0, 0.05) is 30.8 Å². The lowest BCUT2D eigenvalue weighted by Crippen LogP contribution is -2.10. The van der Waals surface area contributed by atoms with Crippen molar-refractivity contribution >= 4 is 23.3 Å². The van der Waals surface area contributed by atoms with Crippen molar-refractivity contribution in [1.82, 2.24) is 0 Å². The van der Waals surface area contributed by atoms with Crippen molar-refractivity contribution in [2.24, 2.45) is 0 Å². The fourth-order valence-corrected chi connectivity index (χ4v) is 1.75.